The molecule has 1 aromatic rings. The predicted molar refractivity (Wildman–Crippen MR) is 99.5 cm³/mol. The number of rotatable bonds is 6. The largest absolute Gasteiger partial charge is 0.416 e. The molecular formula is C21H27F3N2O2. The van der Waals surface area contributed by atoms with Crippen LogP contribution >= 0.6 is 0 Å². The van der Waals surface area contributed by atoms with Gasteiger partial charge in [-0.15, -0.1) is 0 Å². The summed E-state index contributed by atoms with van der Waals surface area (Å²) >= 11 is 0. The van der Waals surface area contributed by atoms with E-state index in [2.05, 4.69) is 5.32 Å². The minimum atomic E-state index is -4.32. The van der Waals surface area contributed by atoms with E-state index < -0.39 is 11.7 Å². The highest BCUT2D eigenvalue weighted by atomic mass is 19.4. The molecule has 1 N–H and O–H groups in total. The van der Waals surface area contributed by atoms with Crippen molar-refractivity contribution in [2.24, 2.45) is 11.8 Å². The third kappa shape index (κ3) is 4.03. The molecule has 28 heavy (non-hydrogen) atoms. The van der Waals surface area contributed by atoms with Crippen LogP contribution in [0.5, 0.6) is 0 Å². The van der Waals surface area contributed by atoms with Gasteiger partial charge in [-0.1, -0.05) is 26.0 Å². The van der Waals surface area contributed by atoms with E-state index in [0.717, 1.165) is 30.5 Å². The number of nitrogens with one attached hydrogen (secondary N) is 1. The van der Waals surface area contributed by atoms with Crippen molar-refractivity contribution in [3.63, 3.8) is 0 Å². The van der Waals surface area contributed by atoms with E-state index in [0.29, 0.717) is 38.4 Å². The highest BCUT2D eigenvalue weighted by Gasteiger charge is 2.58. The van der Waals surface area contributed by atoms with Gasteiger partial charge in [0.2, 0.25) is 11.8 Å². The highest BCUT2D eigenvalue weighted by Crippen LogP contribution is 2.59. The number of likely N-dealkylation sites (tertiary alicyclic amines) is 1. The molecule has 1 saturated carbocycles. The third-order valence-electron chi connectivity index (χ3n) is 6.31. The molecule has 7 heteroatoms. The first-order valence-electron chi connectivity index (χ1n) is 9.94. The summed E-state index contributed by atoms with van der Waals surface area (Å²) in [5.74, 6) is 0.0673. The molecule has 154 valence electrons. The Morgan fingerprint density at radius 1 is 1.25 bits per heavy atom. The van der Waals surface area contributed by atoms with Crippen LogP contribution in [-0.2, 0) is 21.2 Å². The summed E-state index contributed by atoms with van der Waals surface area (Å²) in [5, 5.41) is 2.80. The molecule has 1 heterocycles. The zero-order valence-corrected chi connectivity index (χ0v) is 16.3. The van der Waals surface area contributed by atoms with E-state index in [1.54, 1.807) is 19.1 Å². The van der Waals surface area contributed by atoms with E-state index in [1.807, 2.05) is 11.8 Å². The number of alkyl halides is 3. The number of hydrogen-bond acceptors (Lipinski definition) is 2. The molecule has 1 aromatic carbocycles. The summed E-state index contributed by atoms with van der Waals surface area (Å²) in [7, 11) is 0. The molecule has 3 atom stereocenters. The molecule has 2 amide bonds. The van der Waals surface area contributed by atoms with Gasteiger partial charge in [0, 0.05) is 31.5 Å². The number of hydrogen-bond donors (Lipinski definition) is 1. The number of piperidine rings is 1. The van der Waals surface area contributed by atoms with Gasteiger partial charge in [-0.05, 0) is 42.9 Å². The molecule has 1 aliphatic carbocycles. The summed E-state index contributed by atoms with van der Waals surface area (Å²) in [4.78, 5) is 26.2. The Hall–Kier alpha value is -2.05. The molecule has 0 spiro atoms. The van der Waals surface area contributed by atoms with Gasteiger partial charge in [-0.2, -0.15) is 13.2 Å². The van der Waals surface area contributed by atoms with E-state index in [9.17, 15) is 22.8 Å². The molecule has 2 fully saturated rings. The molecule has 0 radical (unpaired) electrons. The Balaban J connectivity index is 1.61. The predicted octanol–water partition coefficient (Wildman–Crippen LogP) is 3.75. The molecule has 4 nitrogen and oxygen atoms in total. The van der Waals surface area contributed by atoms with E-state index >= 15 is 0 Å². The van der Waals surface area contributed by atoms with Crippen LogP contribution in [0.4, 0.5) is 13.2 Å². The van der Waals surface area contributed by atoms with Crippen LogP contribution in [0.25, 0.3) is 0 Å². The quantitative estimate of drug-likeness (QED) is 0.796. The Labute approximate surface area is 163 Å². The summed E-state index contributed by atoms with van der Waals surface area (Å²) in [6.07, 6.45) is -1.59. The molecule has 1 saturated heterocycles. The topological polar surface area (TPSA) is 49.4 Å². The van der Waals surface area contributed by atoms with Crippen LogP contribution in [0.2, 0.25) is 0 Å². The first-order chi connectivity index (χ1) is 13.2. The average molecular weight is 396 g/mol. The zero-order chi connectivity index (χ0) is 20.5. The van der Waals surface area contributed by atoms with E-state index in [1.165, 1.54) is 0 Å². The van der Waals surface area contributed by atoms with Gasteiger partial charge < -0.3 is 10.2 Å². The maximum Gasteiger partial charge on any atom is 0.416 e. The van der Waals surface area contributed by atoms with Crippen molar-refractivity contribution in [3.05, 3.63) is 35.4 Å². The lowest BCUT2D eigenvalue weighted by atomic mass is 9.86. The van der Waals surface area contributed by atoms with Crippen LogP contribution < -0.4 is 5.32 Å². The molecule has 2 aliphatic rings. The lowest BCUT2D eigenvalue weighted by molar-refractivity contribution is -0.138. The second kappa shape index (κ2) is 7.76. The summed E-state index contributed by atoms with van der Waals surface area (Å²) < 4.78 is 38.3. The van der Waals surface area contributed by atoms with Crippen molar-refractivity contribution >= 4 is 11.8 Å². The van der Waals surface area contributed by atoms with Crippen LogP contribution in [-0.4, -0.2) is 36.3 Å². The van der Waals surface area contributed by atoms with Crippen molar-refractivity contribution in [3.8, 4) is 0 Å². The monoisotopic (exact) mass is 396 g/mol. The van der Waals surface area contributed by atoms with Gasteiger partial charge in [-0.25, -0.2) is 0 Å². The molecule has 3 rings (SSSR count). The molecule has 1 aliphatic heterocycles. The minimum absolute atomic E-state index is 0.0617. The van der Waals surface area contributed by atoms with Gasteiger partial charge >= 0.3 is 6.18 Å². The number of nitrogens with zero attached hydrogens (tertiary/aromatic N) is 1. The fraction of sp³-hybridized carbons (Fsp3) is 0.619. The summed E-state index contributed by atoms with van der Waals surface area (Å²) in [5.41, 5.74) is 0.233. The van der Waals surface area contributed by atoms with Crippen molar-refractivity contribution in [2.75, 3.05) is 19.6 Å². The normalized spacial score (nSPS) is 25.0. The smallest absolute Gasteiger partial charge is 0.355 e. The minimum Gasteiger partial charge on any atom is -0.355 e. The maximum absolute atomic E-state index is 12.8. The molecule has 0 aromatic heterocycles. The molecule has 0 bridgehead atoms. The second-order valence-corrected chi connectivity index (χ2v) is 7.93. The SMILES string of the molecule is CCC(=O)NCC(CC)C(=O)N1CCC2(c3ccc(C(F)(F)F)cc3)CC2C1. The summed E-state index contributed by atoms with van der Waals surface area (Å²) in [6.45, 7) is 5.31. The van der Waals surface area contributed by atoms with Crippen molar-refractivity contribution in [2.45, 2.75) is 51.1 Å². The van der Waals surface area contributed by atoms with Crippen molar-refractivity contribution in [1.29, 1.82) is 0 Å². The van der Waals surface area contributed by atoms with Crippen LogP contribution in [0.1, 0.15) is 50.7 Å². The molecule has 3 unspecified atom stereocenters. The first-order valence-corrected chi connectivity index (χ1v) is 9.94. The number of fused-ring (bicyclic) bond motifs is 1. The highest BCUT2D eigenvalue weighted by molar-refractivity contribution is 5.81. The van der Waals surface area contributed by atoms with Crippen LogP contribution in [0, 0.1) is 11.8 Å². The average Bonchev–Trinajstić information content (AvgIpc) is 3.42. The van der Waals surface area contributed by atoms with Gasteiger partial charge in [0.15, 0.2) is 0 Å². The van der Waals surface area contributed by atoms with E-state index in [4.69, 9.17) is 0 Å². The van der Waals surface area contributed by atoms with Gasteiger partial charge in [-0.3, -0.25) is 9.59 Å². The number of benzene rings is 1. The van der Waals surface area contributed by atoms with Crippen LogP contribution in [0.15, 0.2) is 24.3 Å². The first kappa shape index (κ1) is 20.7. The fourth-order valence-electron chi connectivity index (χ4n) is 4.33. The van der Waals surface area contributed by atoms with Crippen LogP contribution in [0.3, 0.4) is 0 Å². The standard InChI is InChI=1S/C21H27F3N2O2/c1-3-14(12-25-18(27)4-2)19(28)26-10-9-20(11-17(20)13-26)15-5-7-16(8-6-15)21(22,23)24/h5-8,14,17H,3-4,9-13H2,1-2H3,(H,25,27). The Bertz CT molecular complexity index is 732. The van der Waals surface area contributed by atoms with Crippen molar-refractivity contribution in [1.82, 2.24) is 10.2 Å². The number of carbonyl (C=O) groups excluding carboxylic acids is 2. The Kier molecular flexibility index (Phi) is 5.73. The Morgan fingerprint density at radius 3 is 2.46 bits per heavy atom. The summed E-state index contributed by atoms with van der Waals surface area (Å²) in [6, 6.07) is 5.49. The second-order valence-electron chi connectivity index (χ2n) is 7.93. The van der Waals surface area contributed by atoms with Gasteiger partial charge in [0.25, 0.3) is 0 Å². The zero-order valence-electron chi connectivity index (χ0n) is 16.3. The lowest BCUT2D eigenvalue weighted by Crippen LogP contribution is -2.46. The Morgan fingerprint density at radius 2 is 1.93 bits per heavy atom. The lowest BCUT2D eigenvalue weighted by Gasteiger charge is -2.34. The molecular weight excluding hydrogens is 369 g/mol. The third-order valence-corrected chi connectivity index (χ3v) is 6.31. The van der Waals surface area contributed by atoms with E-state index in [-0.39, 0.29) is 23.1 Å². The van der Waals surface area contributed by atoms with Crippen molar-refractivity contribution < 1.29 is 22.8 Å². The van der Waals surface area contributed by atoms with Gasteiger partial charge in [0.1, 0.15) is 0 Å². The number of carbonyl (C=O) groups is 2. The number of halogens is 3. The van der Waals surface area contributed by atoms with Gasteiger partial charge in [0.05, 0.1) is 11.5 Å². The fourth-order valence-corrected chi connectivity index (χ4v) is 4.33. The maximum atomic E-state index is 12.8. The number of amides is 2.